The number of thiocarbonyl (C=S) groups is 1. The number of nitrogens with zero attached hydrogens (tertiary/aromatic N) is 1. The lowest BCUT2D eigenvalue weighted by Gasteiger charge is -2.44. The van der Waals surface area contributed by atoms with Crippen molar-refractivity contribution in [2.75, 3.05) is 6.54 Å². The quantitative estimate of drug-likeness (QED) is 0.387. The molecule has 1 amide bonds. The van der Waals surface area contributed by atoms with Crippen LogP contribution in [0.5, 0.6) is 0 Å². The molecule has 0 radical (unpaired) electrons. The Bertz CT molecular complexity index is 481. The molecule has 110 valence electrons. The molecular weight excluding hydrogens is 298 g/mol. The van der Waals surface area contributed by atoms with Crippen molar-refractivity contribution in [1.29, 1.82) is 0 Å². The van der Waals surface area contributed by atoms with Crippen molar-refractivity contribution in [3.05, 3.63) is 12.7 Å². The second kappa shape index (κ2) is 5.25. The molecule has 2 aliphatic heterocycles. The Morgan fingerprint density at radius 3 is 2.85 bits per heavy atom. The standard InChI is InChI=1S/C12H17N3O3S2/c1-4-5-13-11(19)14-6-8(16)15-7(10(17)18)12(2,3)20-9(6)15/h4,6-7,9H,1,5H2,2-3H3,(H,17,18)(H2,13,14,19)/t6-,7-,9+/m0/s1. The highest BCUT2D eigenvalue weighted by Gasteiger charge is 2.63. The fourth-order valence-corrected chi connectivity index (χ4v) is 4.34. The Balaban J connectivity index is 2.05. The van der Waals surface area contributed by atoms with E-state index in [0.29, 0.717) is 11.7 Å². The molecule has 2 fully saturated rings. The van der Waals surface area contributed by atoms with Gasteiger partial charge < -0.3 is 20.6 Å². The van der Waals surface area contributed by atoms with Crippen molar-refractivity contribution in [3.8, 4) is 0 Å². The maximum atomic E-state index is 12.1. The van der Waals surface area contributed by atoms with Crippen molar-refractivity contribution in [1.82, 2.24) is 15.5 Å². The number of hydrogen-bond donors (Lipinski definition) is 3. The summed E-state index contributed by atoms with van der Waals surface area (Å²) >= 11 is 6.57. The minimum Gasteiger partial charge on any atom is -0.480 e. The van der Waals surface area contributed by atoms with Crippen molar-refractivity contribution < 1.29 is 14.7 Å². The van der Waals surface area contributed by atoms with Crippen LogP contribution in [0.3, 0.4) is 0 Å². The van der Waals surface area contributed by atoms with Crippen LogP contribution < -0.4 is 10.6 Å². The van der Waals surface area contributed by atoms with Gasteiger partial charge in [0.25, 0.3) is 0 Å². The van der Waals surface area contributed by atoms with E-state index in [0.717, 1.165) is 0 Å². The van der Waals surface area contributed by atoms with Gasteiger partial charge in [-0.05, 0) is 26.1 Å². The fraction of sp³-hybridized carbons (Fsp3) is 0.583. The number of amides is 1. The number of nitrogens with one attached hydrogen (secondary N) is 2. The first-order chi connectivity index (χ1) is 9.29. The van der Waals surface area contributed by atoms with Crippen LogP contribution in [0.25, 0.3) is 0 Å². The Morgan fingerprint density at radius 2 is 2.30 bits per heavy atom. The molecule has 0 aliphatic carbocycles. The summed E-state index contributed by atoms with van der Waals surface area (Å²) in [5.41, 5.74) is 0. The smallest absolute Gasteiger partial charge is 0.327 e. The Hall–Kier alpha value is -1.28. The number of hydrogen-bond acceptors (Lipinski definition) is 4. The predicted octanol–water partition coefficient (Wildman–Crippen LogP) is 0.152. The number of fused-ring (bicyclic) bond motifs is 1. The van der Waals surface area contributed by atoms with Gasteiger partial charge in [-0.3, -0.25) is 4.79 Å². The van der Waals surface area contributed by atoms with Gasteiger partial charge in [0.05, 0.1) is 0 Å². The first-order valence-electron chi connectivity index (χ1n) is 6.17. The first-order valence-corrected chi connectivity index (χ1v) is 7.46. The summed E-state index contributed by atoms with van der Waals surface area (Å²) in [6.45, 7) is 7.76. The largest absolute Gasteiger partial charge is 0.480 e. The van der Waals surface area contributed by atoms with Crippen LogP contribution in [0.1, 0.15) is 13.8 Å². The molecule has 2 heterocycles. The summed E-state index contributed by atoms with van der Waals surface area (Å²) < 4.78 is -0.515. The SMILES string of the molecule is C=CCNC(=S)N[C@H]1C(=O)N2[C@@H]1SC(C)(C)[C@@H]2C(=O)O. The first kappa shape index (κ1) is 15.1. The highest BCUT2D eigenvalue weighted by Crippen LogP contribution is 2.50. The highest BCUT2D eigenvalue weighted by molar-refractivity contribution is 8.01. The lowest BCUT2D eigenvalue weighted by Crippen LogP contribution is -2.71. The van der Waals surface area contributed by atoms with Crippen molar-refractivity contribution >= 4 is 41.0 Å². The molecule has 0 spiro atoms. The third-order valence-electron chi connectivity index (χ3n) is 3.37. The molecule has 3 atom stereocenters. The zero-order chi connectivity index (χ0) is 15.1. The molecule has 0 bridgehead atoms. The number of carboxylic acids is 1. The van der Waals surface area contributed by atoms with E-state index in [9.17, 15) is 14.7 Å². The summed E-state index contributed by atoms with van der Waals surface area (Å²) in [6, 6.07) is -1.26. The van der Waals surface area contributed by atoms with Crippen LogP contribution in [0.4, 0.5) is 0 Å². The van der Waals surface area contributed by atoms with E-state index >= 15 is 0 Å². The van der Waals surface area contributed by atoms with Gasteiger partial charge in [-0.25, -0.2) is 4.79 Å². The summed E-state index contributed by atoms with van der Waals surface area (Å²) in [5.74, 6) is -1.19. The minimum atomic E-state index is -0.968. The van der Waals surface area contributed by atoms with E-state index in [4.69, 9.17) is 12.2 Å². The molecule has 0 saturated carbocycles. The van der Waals surface area contributed by atoms with Crippen LogP contribution in [0.15, 0.2) is 12.7 Å². The third-order valence-corrected chi connectivity index (χ3v) is 5.20. The number of aliphatic carboxylic acids is 1. The topological polar surface area (TPSA) is 81.7 Å². The molecule has 8 heteroatoms. The van der Waals surface area contributed by atoms with Gasteiger partial charge in [0.1, 0.15) is 17.5 Å². The lowest BCUT2D eigenvalue weighted by atomic mass is 9.96. The van der Waals surface area contributed by atoms with Gasteiger partial charge in [0.2, 0.25) is 5.91 Å². The zero-order valence-corrected chi connectivity index (χ0v) is 12.9. The van der Waals surface area contributed by atoms with Gasteiger partial charge in [-0.1, -0.05) is 6.08 Å². The van der Waals surface area contributed by atoms with Gasteiger partial charge in [0, 0.05) is 11.3 Å². The van der Waals surface area contributed by atoms with Crippen molar-refractivity contribution in [2.24, 2.45) is 0 Å². The summed E-state index contributed by atoms with van der Waals surface area (Å²) in [6.07, 6.45) is 1.66. The molecule has 2 aliphatic rings. The second-order valence-electron chi connectivity index (χ2n) is 5.22. The summed E-state index contributed by atoms with van der Waals surface area (Å²) in [7, 11) is 0. The molecular formula is C12H17N3O3S2. The van der Waals surface area contributed by atoms with E-state index in [2.05, 4.69) is 17.2 Å². The molecule has 0 aromatic carbocycles. The van der Waals surface area contributed by atoms with Crippen LogP contribution in [-0.2, 0) is 9.59 Å². The van der Waals surface area contributed by atoms with Gasteiger partial charge in [-0.15, -0.1) is 18.3 Å². The lowest BCUT2D eigenvalue weighted by molar-refractivity contribution is -0.159. The number of carbonyl (C=O) groups excluding carboxylic acids is 1. The average Bonchev–Trinajstić information content (AvgIpc) is 2.62. The molecule has 0 aromatic rings. The molecule has 20 heavy (non-hydrogen) atoms. The van der Waals surface area contributed by atoms with Crippen LogP contribution in [0.2, 0.25) is 0 Å². The summed E-state index contributed by atoms with van der Waals surface area (Å²) in [5, 5.41) is 15.3. The third kappa shape index (κ3) is 2.37. The Kier molecular flexibility index (Phi) is 3.97. The van der Waals surface area contributed by atoms with E-state index in [1.807, 2.05) is 13.8 Å². The van der Waals surface area contributed by atoms with E-state index in [-0.39, 0.29) is 11.3 Å². The van der Waals surface area contributed by atoms with Crippen LogP contribution >= 0.6 is 24.0 Å². The van der Waals surface area contributed by atoms with Gasteiger partial charge in [0.15, 0.2) is 5.11 Å². The number of rotatable bonds is 4. The number of carbonyl (C=O) groups is 2. The normalized spacial score (nSPS) is 30.2. The zero-order valence-electron chi connectivity index (χ0n) is 11.3. The Labute approximate surface area is 127 Å². The maximum absolute atomic E-state index is 12.1. The maximum Gasteiger partial charge on any atom is 0.327 e. The van der Waals surface area contributed by atoms with Gasteiger partial charge >= 0.3 is 5.97 Å². The molecule has 2 rings (SSSR count). The van der Waals surface area contributed by atoms with Crippen LogP contribution in [-0.4, -0.2) is 55.7 Å². The number of carboxylic acid groups (broad SMARTS) is 1. The van der Waals surface area contributed by atoms with E-state index in [1.165, 1.54) is 16.7 Å². The van der Waals surface area contributed by atoms with E-state index < -0.39 is 22.8 Å². The summed E-state index contributed by atoms with van der Waals surface area (Å²) in [4.78, 5) is 24.9. The molecule has 0 aromatic heterocycles. The number of β-lactam (4-membered cyclic amide) rings is 1. The average molecular weight is 315 g/mol. The van der Waals surface area contributed by atoms with Crippen molar-refractivity contribution in [3.63, 3.8) is 0 Å². The second-order valence-corrected chi connectivity index (χ2v) is 7.40. The minimum absolute atomic E-state index is 0.193. The molecule has 2 saturated heterocycles. The van der Waals surface area contributed by atoms with Crippen LogP contribution in [0, 0.1) is 0 Å². The molecule has 6 nitrogen and oxygen atoms in total. The highest BCUT2D eigenvalue weighted by atomic mass is 32.2. The van der Waals surface area contributed by atoms with Gasteiger partial charge in [-0.2, -0.15) is 0 Å². The van der Waals surface area contributed by atoms with E-state index in [1.54, 1.807) is 6.08 Å². The monoisotopic (exact) mass is 315 g/mol. The molecule has 3 N–H and O–H groups in total. The number of thioether (sulfide) groups is 1. The van der Waals surface area contributed by atoms with Crippen molar-refractivity contribution in [2.45, 2.75) is 36.1 Å². The fourth-order valence-electron chi connectivity index (χ4n) is 2.50. The Morgan fingerprint density at radius 1 is 1.65 bits per heavy atom. The predicted molar refractivity (Wildman–Crippen MR) is 81.4 cm³/mol. The molecule has 0 unspecified atom stereocenters.